The third kappa shape index (κ3) is 4.11. The highest BCUT2D eigenvalue weighted by Gasteiger charge is 2.13. The molecular weight excluding hydrogens is 396 g/mol. The summed E-state index contributed by atoms with van der Waals surface area (Å²) in [6, 6.07) is 7.37. The molecule has 7 nitrogen and oxygen atoms in total. The second-order valence-electron chi connectivity index (χ2n) is 4.69. The highest BCUT2D eigenvalue weighted by atomic mass is 32.2. The molecule has 0 spiro atoms. The number of carbonyl (C=O) groups excluding carboxylic acids is 1. The number of benzene rings is 1. The number of rotatable bonds is 5. The maximum atomic E-state index is 12.3. The lowest BCUT2D eigenvalue weighted by molar-refractivity contribution is 0.0952. The van der Waals surface area contributed by atoms with Crippen LogP contribution in [0.1, 0.15) is 15.9 Å². The monoisotopic (exact) mass is 410 g/mol. The van der Waals surface area contributed by atoms with Crippen molar-refractivity contribution in [2.24, 2.45) is 5.10 Å². The average Bonchev–Trinajstić information content (AvgIpc) is 3.26. The topological polar surface area (TPSA) is 85.1 Å². The van der Waals surface area contributed by atoms with Gasteiger partial charge in [-0.15, -0.1) is 20.4 Å². The standard InChI is InChI=1S/C14H14N6OS4/c1-8-6-4-5-7-9(8)10(21)15-16-11-20(19-14(23-3)25-11)12-17-18-13(22-2)24-12/h4-7H,1-3H3,(H,15,21)/b16-11-. The molecule has 1 amide bonds. The molecule has 3 rings (SSSR count). The summed E-state index contributed by atoms with van der Waals surface area (Å²) in [6.07, 6.45) is 3.88. The molecule has 3 aromatic rings. The van der Waals surface area contributed by atoms with E-state index in [0.29, 0.717) is 15.5 Å². The van der Waals surface area contributed by atoms with Gasteiger partial charge in [0.1, 0.15) is 0 Å². The van der Waals surface area contributed by atoms with E-state index in [1.807, 2.05) is 37.6 Å². The fourth-order valence-corrected chi connectivity index (χ4v) is 4.47. The first-order valence-electron chi connectivity index (χ1n) is 7.04. The molecule has 0 saturated heterocycles. The van der Waals surface area contributed by atoms with Gasteiger partial charge in [-0.1, -0.05) is 64.4 Å². The van der Waals surface area contributed by atoms with E-state index in [1.54, 1.807) is 10.7 Å². The van der Waals surface area contributed by atoms with Crippen molar-refractivity contribution in [1.82, 2.24) is 25.4 Å². The van der Waals surface area contributed by atoms with Gasteiger partial charge in [0.2, 0.25) is 9.93 Å². The van der Waals surface area contributed by atoms with Gasteiger partial charge >= 0.3 is 0 Å². The van der Waals surface area contributed by atoms with Gasteiger partial charge in [-0.2, -0.15) is 4.68 Å². The van der Waals surface area contributed by atoms with E-state index >= 15 is 0 Å². The summed E-state index contributed by atoms with van der Waals surface area (Å²) in [5.74, 6) is -0.259. The molecule has 0 bridgehead atoms. The van der Waals surface area contributed by atoms with Crippen LogP contribution in [0.3, 0.4) is 0 Å². The maximum absolute atomic E-state index is 12.3. The largest absolute Gasteiger partial charge is 0.271 e. The molecule has 0 aliphatic heterocycles. The number of aryl methyl sites for hydroxylation is 1. The molecule has 1 N–H and O–H groups in total. The van der Waals surface area contributed by atoms with Gasteiger partial charge in [0, 0.05) is 5.56 Å². The minimum absolute atomic E-state index is 0.259. The van der Waals surface area contributed by atoms with Crippen LogP contribution in [0.25, 0.3) is 5.13 Å². The molecule has 0 aliphatic rings. The van der Waals surface area contributed by atoms with Crippen LogP contribution in [-0.4, -0.2) is 38.4 Å². The molecule has 1 aromatic carbocycles. The lowest BCUT2D eigenvalue weighted by Crippen LogP contribution is -2.24. The fraction of sp³-hybridized carbons (Fsp3) is 0.214. The summed E-state index contributed by atoms with van der Waals surface area (Å²) in [5.41, 5.74) is 4.09. The van der Waals surface area contributed by atoms with Gasteiger partial charge in [0.15, 0.2) is 8.68 Å². The third-order valence-corrected chi connectivity index (χ3v) is 6.87. The number of hydrogen-bond donors (Lipinski definition) is 1. The number of carbonyl (C=O) groups is 1. The molecule has 0 unspecified atom stereocenters. The molecule has 0 aliphatic carbocycles. The van der Waals surface area contributed by atoms with Crippen LogP contribution in [0.15, 0.2) is 38.0 Å². The lowest BCUT2D eigenvalue weighted by atomic mass is 10.1. The smallest absolute Gasteiger partial charge is 0.267 e. The zero-order valence-electron chi connectivity index (χ0n) is 13.6. The van der Waals surface area contributed by atoms with Gasteiger partial charge in [0.25, 0.3) is 5.91 Å². The van der Waals surface area contributed by atoms with E-state index < -0.39 is 0 Å². The van der Waals surface area contributed by atoms with Gasteiger partial charge < -0.3 is 0 Å². The molecule has 2 heterocycles. The van der Waals surface area contributed by atoms with E-state index in [9.17, 15) is 4.79 Å². The van der Waals surface area contributed by atoms with Crippen molar-refractivity contribution in [3.8, 4) is 5.13 Å². The fourth-order valence-electron chi connectivity index (χ4n) is 1.90. The van der Waals surface area contributed by atoms with E-state index in [4.69, 9.17) is 0 Å². The Kier molecular flexibility index (Phi) is 5.89. The number of aromatic nitrogens is 4. The SMILES string of the molecule is CSc1nnc(-n2nc(SC)s/c2=N\NC(=O)c2ccccc2C)s1. The van der Waals surface area contributed by atoms with Crippen LogP contribution in [-0.2, 0) is 0 Å². The summed E-state index contributed by atoms with van der Waals surface area (Å²) in [4.78, 5) is 12.9. The summed E-state index contributed by atoms with van der Waals surface area (Å²) < 4.78 is 3.27. The Bertz CT molecular complexity index is 960. The number of amides is 1. The van der Waals surface area contributed by atoms with Crippen LogP contribution in [0.2, 0.25) is 0 Å². The lowest BCUT2D eigenvalue weighted by Gasteiger charge is -2.02. The summed E-state index contributed by atoms with van der Waals surface area (Å²) in [7, 11) is 0. The Hall–Kier alpha value is -1.69. The minimum atomic E-state index is -0.259. The van der Waals surface area contributed by atoms with Gasteiger partial charge in [0.05, 0.1) is 0 Å². The van der Waals surface area contributed by atoms with Crippen molar-refractivity contribution in [1.29, 1.82) is 0 Å². The van der Waals surface area contributed by atoms with Crippen molar-refractivity contribution >= 4 is 52.1 Å². The predicted molar refractivity (Wildman–Crippen MR) is 103 cm³/mol. The quantitative estimate of drug-likeness (QED) is 0.514. The highest BCUT2D eigenvalue weighted by Crippen LogP contribution is 2.23. The van der Waals surface area contributed by atoms with E-state index in [0.717, 1.165) is 14.2 Å². The van der Waals surface area contributed by atoms with Gasteiger partial charge in [-0.25, -0.2) is 5.43 Å². The van der Waals surface area contributed by atoms with Crippen molar-refractivity contribution in [2.75, 3.05) is 12.5 Å². The van der Waals surface area contributed by atoms with Crippen molar-refractivity contribution < 1.29 is 4.79 Å². The van der Waals surface area contributed by atoms with E-state index in [2.05, 4.69) is 25.8 Å². The van der Waals surface area contributed by atoms with Crippen molar-refractivity contribution in [2.45, 2.75) is 15.6 Å². The van der Waals surface area contributed by atoms with E-state index in [-0.39, 0.29) is 5.91 Å². The van der Waals surface area contributed by atoms with Crippen molar-refractivity contribution in [3.05, 3.63) is 40.2 Å². The molecule has 130 valence electrons. The Morgan fingerprint density at radius 2 is 1.92 bits per heavy atom. The van der Waals surface area contributed by atoms with Gasteiger partial charge in [-0.05, 0) is 31.1 Å². The molecule has 0 radical (unpaired) electrons. The molecule has 25 heavy (non-hydrogen) atoms. The first kappa shape index (κ1) is 18.1. The summed E-state index contributed by atoms with van der Waals surface area (Å²) in [5, 5.41) is 17.5. The van der Waals surface area contributed by atoms with E-state index in [1.165, 1.54) is 46.2 Å². The zero-order valence-corrected chi connectivity index (χ0v) is 16.9. The predicted octanol–water partition coefficient (Wildman–Crippen LogP) is 2.78. The maximum Gasteiger partial charge on any atom is 0.271 e. The minimum Gasteiger partial charge on any atom is -0.267 e. The van der Waals surface area contributed by atoms with Crippen molar-refractivity contribution in [3.63, 3.8) is 0 Å². The van der Waals surface area contributed by atoms with Crippen LogP contribution in [0, 0.1) is 6.92 Å². The molecule has 0 fully saturated rings. The second kappa shape index (κ2) is 8.13. The Balaban J connectivity index is 1.93. The Morgan fingerprint density at radius 1 is 1.16 bits per heavy atom. The zero-order chi connectivity index (χ0) is 17.8. The number of nitrogens with zero attached hydrogens (tertiary/aromatic N) is 5. The number of hydrogen-bond acceptors (Lipinski definition) is 9. The molecular formula is C14H14N6OS4. The first-order chi connectivity index (χ1) is 12.1. The molecule has 0 saturated carbocycles. The van der Waals surface area contributed by atoms with Crippen LogP contribution in [0.4, 0.5) is 0 Å². The second-order valence-corrected chi connectivity index (χ2v) is 8.71. The molecule has 0 atom stereocenters. The van der Waals surface area contributed by atoms with Crippen LogP contribution >= 0.6 is 46.2 Å². The first-order valence-corrected chi connectivity index (χ1v) is 11.1. The summed E-state index contributed by atoms with van der Waals surface area (Å²) in [6.45, 7) is 1.89. The summed E-state index contributed by atoms with van der Waals surface area (Å²) >= 11 is 5.83. The normalized spacial score (nSPS) is 11.7. The number of nitrogens with one attached hydrogen (secondary N) is 1. The average molecular weight is 411 g/mol. The Morgan fingerprint density at radius 3 is 2.60 bits per heavy atom. The Labute approximate surface area is 160 Å². The molecule has 2 aromatic heterocycles. The van der Waals surface area contributed by atoms with Crippen LogP contribution < -0.4 is 10.2 Å². The third-order valence-electron chi connectivity index (χ3n) is 3.11. The molecule has 11 heteroatoms. The van der Waals surface area contributed by atoms with Crippen LogP contribution in [0.5, 0.6) is 0 Å². The van der Waals surface area contributed by atoms with Gasteiger partial charge in [-0.3, -0.25) is 4.79 Å². The highest BCUT2D eigenvalue weighted by molar-refractivity contribution is 8.00. The number of thioether (sulfide) groups is 2.